The van der Waals surface area contributed by atoms with Crippen molar-refractivity contribution in [1.29, 1.82) is 0 Å². The lowest BCUT2D eigenvalue weighted by molar-refractivity contribution is -0.143. The first-order valence-electron chi connectivity index (χ1n) is 16.9. The number of hydrogen-bond acceptors (Lipinski definition) is 7. The number of aliphatic imine (C=N–C) groups is 2. The second kappa shape index (κ2) is 13.3. The van der Waals surface area contributed by atoms with Crippen LogP contribution in [0.5, 0.6) is 11.5 Å². The number of H-pyrrole nitrogens is 1. The number of aromatic amines is 1. The smallest absolute Gasteiger partial charge is 0.309 e. The predicted molar refractivity (Wildman–Crippen MR) is 193 cm³/mol. The fourth-order valence-electron chi connectivity index (χ4n) is 7.13. The van der Waals surface area contributed by atoms with E-state index in [0.717, 1.165) is 11.1 Å². The highest BCUT2D eigenvalue weighted by Crippen LogP contribution is 2.49. The first kappa shape index (κ1) is 35.3. The third-order valence-electron chi connectivity index (χ3n) is 10.3. The van der Waals surface area contributed by atoms with Gasteiger partial charge in [-0.05, 0) is 74.1 Å². The largest absolute Gasteiger partial charge is 0.481 e. The Bertz CT molecular complexity index is 2120. The van der Waals surface area contributed by atoms with Crippen LogP contribution in [0.4, 0.5) is 4.39 Å². The number of carboxylic acids is 1. The van der Waals surface area contributed by atoms with E-state index in [-0.39, 0.29) is 41.1 Å². The van der Waals surface area contributed by atoms with Crippen LogP contribution in [0.25, 0.3) is 10.9 Å². The molecule has 1 aliphatic heterocycles. The summed E-state index contributed by atoms with van der Waals surface area (Å²) in [6.45, 7) is 5.89. The Kier molecular flexibility index (Phi) is 9.36. The minimum atomic E-state index is -3.57. The molecule has 1 fully saturated rings. The Morgan fingerprint density at radius 3 is 2.60 bits per heavy atom. The van der Waals surface area contributed by atoms with Crippen LogP contribution in [0.3, 0.4) is 0 Å². The molecule has 4 aromatic rings. The Labute approximate surface area is 292 Å². The standard InChI is InChI=1S/C38H44FN5O5S/c1-36(2)12-6-13-37(3,25-8-5-7-24(19-25)22-38(14-15-38)35(45)46)34(40)44-33(41-4)31-20-26(9-16-43-31)49-32-28(11-18-50(47,48)23-36)27-10-17-42-30(27)21-29(32)39/h5,7-10,16-17,19-21,42H,6,11-15,18,22-23H2,1-4H3,(H,45,46)(H2,40,41,44)/t37-/m1/s1. The number of pyridine rings is 1. The molecule has 3 heterocycles. The fraction of sp³-hybridized carbons (Fsp3) is 0.421. The van der Waals surface area contributed by atoms with E-state index in [1.54, 1.807) is 31.4 Å². The number of rotatable bonds is 4. The van der Waals surface area contributed by atoms with Crippen LogP contribution in [0, 0.1) is 16.6 Å². The van der Waals surface area contributed by atoms with Crippen molar-refractivity contribution in [3.05, 3.63) is 89.1 Å². The lowest BCUT2D eigenvalue weighted by Crippen LogP contribution is -2.40. The van der Waals surface area contributed by atoms with E-state index in [9.17, 15) is 18.3 Å². The minimum absolute atomic E-state index is 0.0464. The molecule has 0 radical (unpaired) electrons. The Morgan fingerprint density at radius 2 is 1.88 bits per heavy atom. The van der Waals surface area contributed by atoms with Crippen LogP contribution >= 0.6 is 0 Å². The zero-order valence-corrected chi connectivity index (χ0v) is 29.7. The lowest BCUT2D eigenvalue weighted by Gasteiger charge is -2.32. The van der Waals surface area contributed by atoms with Crippen molar-refractivity contribution in [3.63, 3.8) is 0 Å². The van der Waals surface area contributed by atoms with E-state index in [1.165, 1.54) is 12.3 Å². The minimum Gasteiger partial charge on any atom is -0.481 e. The first-order valence-corrected chi connectivity index (χ1v) is 18.7. The molecule has 0 unspecified atom stereocenters. The summed E-state index contributed by atoms with van der Waals surface area (Å²) < 4.78 is 49.1. The molecule has 2 aromatic carbocycles. The van der Waals surface area contributed by atoms with Crippen LogP contribution < -0.4 is 10.5 Å². The van der Waals surface area contributed by atoms with Gasteiger partial charge in [0, 0.05) is 53.5 Å². The molecule has 0 spiro atoms. The van der Waals surface area contributed by atoms with E-state index >= 15 is 4.39 Å². The molecule has 12 heteroatoms. The Hall–Kier alpha value is -4.58. The van der Waals surface area contributed by atoms with Crippen LogP contribution in [-0.2, 0) is 32.9 Å². The number of ether oxygens (including phenoxy) is 1. The monoisotopic (exact) mass is 701 g/mol. The zero-order chi connectivity index (χ0) is 35.9. The second-order valence-corrected chi connectivity index (χ2v) is 17.0. The third kappa shape index (κ3) is 7.31. The van der Waals surface area contributed by atoms with Gasteiger partial charge in [-0.25, -0.2) is 17.8 Å². The average molecular weight is 702 g/mol. The molecular formula is C38H44FN5O5S. The summed E-state index contributed by atoms with van der Waals surface area (Å²) in [5, 5.41) is 10.5. The van der Waals surface area contributed by atoms with Crippen molar-refractivity contribution in [2.75, 3.05) is 18.6 Å². The number of aromatic nitrogens is 2. The number of fused-ring (bicyclic) bond motifs is 5. The number of benzene rings is 2. The number of nitrogens with one attached hydrogen (secondary N) is 1. The van der Waals surface area contributed by atoms with E-state index in [1.807, 2.05) is 45.0 Å². The van der Waals surface area contributed by atoms with Gasteiger partial charge in [-0.15, -0.1) is 0 Å². The maximum Gasteiger partial charge on any atom is 0.309 e. The fourth-order valence-corrected chi connectivity index (χ4v) is 9.12. The third-order valence-corrected chi connectivity index (χ3v) is 12.3. The topological polar surface area (TPSA) is 160 Å². The highest BCUT2D eigenvalue weighted by atomic mass is 32.2. The normalized spacial score (nSPS) is 22.8. The van der Waals surface area contributed by atoms with Crippen molar-refractivity contribution in [2.24, 2.45) is 26.5 Å². The van der Waals surface area contributed by atoms with Crippen LogP contribution in [0.2, 0.25) is 0 Å². The van der Waals surface area contributed by atoms with Crippen LogP contribution in [-0.4, -0.2) is 59.7 Å². The van der Waals surface area contributed by atoms with Crippen molar-refractivity contribution < 1.29 is 27.4 Å². The summed E-state index contributed by atoms with van der Waals surface area (Å²) in [7, 11) is -1.98. The van der Waals surface area contributed by atoms with Crippen LogP contribution in [0.1, 0.15) is 75.3 Å². The van der Waals surface area contributed by atoms with E-state index in [2.05, 4.69) is 15.0 Å². The van der Waals surface area contributed by atoms with E-state index in [4.69, 9.17) is 15.5 Å². The molecule has 2 bridgehead atoms. The molecule has 1 saturated carbocycles. The SMILES string of the molecule is CN=C1N=C(N)[C@@](C)(c2cccc(CC3(C(=O)O)CC3)c2)CCCC(C)(C)CS(=O)(=O)CCc2c(c(F)cc3[nH]ccc23)Oc2ccnc1c2. The van der Waals surface area contributed by atoms with E-state index in [0.29, 0.717) is 60.7 Å². The molecule has 4 N–H and O–H groups in total. The molecule has 0 saturated heterocycles. The number of aliphatic carboxylic acids is 1. The number of hydrogen-bond donors (Lipinski definition) is 3. The van der Waals surface area contributed by atoms with Gasteiger partial charge in [0.05, 0.1) is 16.9 Å². The summed E-state index contributed by atoms with van der Waals surface area (Å²) in [5.41, 5.74) is 7.94. The molecule has 10 nitrogen and oxygen atoms in total. The number of amidine groups is 2. The Morgan fingerprint density at radius 1 is 1.10 bits per heavy atom. The zero-order valence-electron chi connectivity index (χ0n) is 28.9. The maximum absolute atomic E-state index is 15.6. The summed E-state index contributed by atoms with van der Waals surface area (Å²) in [5.74, 6) is -0.870. The van der Waals surface area contributed by atoms with Gasteiger partial charge in [0.25, 0.3) is 0 Å². The molecule has 6 rings (SSSR count). The highest BCUT2D eigenvalue weighted by molar-refractivity contribution is 7.91. The molecular weight excluding hydrogens is 658 g/mol. The summed E-state index contributed by atoms with van der Waals surface area (Å²) >= 11 is 0. The number of carbonyl (C=O) groups is 1. The number of aryl methyl sites for hydroxylation is 1. The molecule has 264 valence electrons. The van der Waals surface area contributed by atoms with Gasteiger partial charge in [-0.2, -0.15) is 0 Å². The van der Waals surface area contributed by atoms with Crippen molar-refractivity contribution in [2.45, 2.75) is 71.1 Å². The molecule has 1 atom stereocenters. The van der Waals surface area contributed by atoms with Crippen molar-refractivity contribution in [1.82, 2.24) is 9.97 Å². The van der Waals surface area contributed by atoms with Gasteiger partial charge in [-0.1, -0.05) is 44.5 Å². The molecule has 2 aromatic heterocycles. The average Bonchev–Trinajstić information content (AvgIpc) is 3.70. The van der Waals surface area contributed by atoms with E-state index < -0.39 is 37.9 Å². The van der Waals surface area contributed by atoms with Crippen molar-refractivity contribution >= 4 is 38.4 Å². The molecule has 1 aliphatic carbocycles. The van der Waals surface area contributed by atoms with Gasteiger partial charge >= 0.3 is 5.97 Å². The maximum atomic E-state index is 15.6. The van der Waals surface area contributed by atoms with Gasteiger partial charge in [-0.3, -0.25) is 14.8 Å². The van der Waals surface area contributed by atoms with Gasteiger partial charge in [0.1, 0.15) is 17.3 Å². The second-order valence-electron chi connectivity index (χ2n) is 14.8. The van der Waals surface area contributed by atoms with Crippen molar-refractivity contribution in [3.8, 4) is 11.5 Å². The Balaban J connectivity index is 1.44. The number of carboxylic acid groups (broad SMARTS) is 1. The highest BCUT2D eigenvalue weighted by Gasteiger charge is 2.50. The molecule has 0 amide bonds. The first-order chi connectivity index (χ1) is 23.6. The lowest BCUT2D eigenvalue weighted by atomic mass is 9.74. The molecule has 50 heavy (non-hydrogen) atoms. The van der Waals surface area contributed by atoms with Gasteiger partial charge in [0.15, 0.2) is 27.2 Å². The van der Waals surface area contributed by atoms with Gasteiger partial charge < -0.3 is 20.6 Å². The van der Waals surface area contributed by atoms with Gasteiger partial charge in [0.2, 0.25) is 0 Å². The molecule has 2 aliphatic rings. The quantitative estimate of drug-likeness (QED) is 0.212. The summed E-state index contributed by atoms with van der Waals surface area (Å²) in [6.07, 6.45) is 6.75. The number of sulfone groups is 1. The number of nitrogens with zero attached hydrogens (tertiary/aromatic N) is 3. The predicted octanol–water partition coefficient (Wildman–Crippen LogP) is 6.76. The number of halogens is 1. The number of nitrogens with two attached hydrogens (primary N) is 1. The summed E-state index contributed by atoms with van der Waals surface area (Å²) in [4.78, 5) is 28.7. The summed E-state index contributed by atoms with van der Waals surface area (Å²) in [6, 6.07) is 14.2. The van der Waals surface area contributed by atoms with Crippen LogP contribution in [0.15, 0.2) is 70.9 Å².